The third-order valence-corrected chi connectivity index (χ3v) is 13.5. The number of hydrogen-bond acceptors (Lipinski definition) is 0. The third-order valence-electron chi connectivity index (χ3n) is 13.5. The molecule has 0 atom stereocenters. The summed E-state index contributed by atoms with van der Waals surface area (Å²) < 4.78 is 0. The molecule has 0 aromatic heterocycles. The first kappa shape index (κ1) is 39.6. The Balaban J connectivity index is 1.38. The molecular formula is C64H52. The van der Waals surface area contributed by atoms with Gasteiger partial charge in [-0.25, -0.2) is 0 Å². The smallest absolute Gasteiger partial charge is 0.00201 e. The summed E-state index contributed by atoms with van der Waals surface area (Å²) in [5.74, 6) is 0. The van der Waals surface area contributed by atoms with Crippen molar-refractivity contribution in [3.63, 3.8) is 0 Å². The zero-order valence-corrected chi connectivity index (χ0v) is 37.6. The topological polar surface area (TPSA) is 0 Å². The van der Waals surface area contributed by atoms with E-state index in [4.69, 9.17) is 0 Å². The standard InChI is InChI=1S/C64H52/c1-63(2,3)49-27-17-25-46(36-49)59-53-34-33-45(41-19-9-7-10-20-41)38-55(53)60(47-26-18-28-50(37-47)64(4,5)6)58-40-56-54(39-57(58)59)51-29-15-16-30-52(51)62(61(56)43-22-11-8-12-23-43)48-32-31-42-21-13-14-24-44(42)35-48/h7-40H,1-6H3. The Hall–Kier alpha value is -7.28. The van der Waals surface area contributed by atoms with Gasteiger partial charge in [-0.1, -0.05) is 224 Å². The summed E-state index contributed by atoms with van der Waals surface area (Å²) in [6.07, 6.45) is 0. The molecule has 0 saturated carbocycles. The van der Waals surface area contributed by atoms with Gasteiger partial charge in [0.2, 0.25) is 0 Å². The van der Waals surface area contributed by atoms with E-state index in [9.17, 15) is 0 Å². The van der Waals surface area contributed by atoms with Crippen LogP contribution in [0.5, 0.6) is 0 Å². The molecule has 0 aliphatic carbocycles. The van der Waals surface area contributed by atoms with Crippen molar-refractivity contribution in [2.75, 3.05) is 0 Å². The maximum absolute atomic E-state index is 2.56. The van der Waals surface area contributed by atoms with Crippen molar-refractivity contribution in [2.24, 2.45) is 0 Å². The summed E-state index contributed by atoms with van der Waals surface area (Å²) in [5, 5.41) is 12.5. The van der Waals surface area contributed by atoms with Gasteiger partial charge in [-0.3, -0.25) is 0 Å². The van der Waals surface area contributed by atoms with Crippen molar-refractivity contribution in [1.82, 2.24) is 0 Å². The highest BCUT2D eigenvalue weighted by Gasteiger charge is 2.25. The van der Waals surface area contributed by atoms with E-state index >= 15 is 0 Å². The summed E-state index contributed by atoms with van der Waals surface area (Å²) in [4.78, 5) is 0. The van der Waals surface area contributed by atoms with E-state index in [1.807, 2.05) is 0 Å². The lowest BCUT2D eigenvalue weighted by Crippen LogP contribution is -2.11. The molecule has 0 heteroatoms. The third kappa shape index (κ3) is 6.77. The summed E-state index contributed by atoms with van der Waals surface area (Å²) in [7, 11) is 0. The minimum absolute atomic E-state index is 0.0118. The largest absolute Gasteiger partial charge is 0.0622 e. The molecule has 11 aromatic rings. The molecule has 11 rings (SSSR count). The van der Waals surface area contributed by atoms with Crippen molar-refractivity contribution in [3.05, 3.63) is 217 Å². The predicted octanol–water partition coefficient (Wildman–Crippen LogP) is 18.4. The molecular weight excluding hydrogens is 769 g/mol. The van der Waals surface area contributed by atoms with Gasteiger partial charge in [0, 0.05) is 0 Å². The fourth-order valence-electron chi connectivity index (χ4n) is 10.2. The molecule has 0 unspecified atom stereocenters. The maximum atomic E-state index is 2.56. The second-order valence-electron chi connectivity index (χ2n) is 19.7. The first-order valence-electron chi connectivity index (χ1n) is 22.7. The van der Waals surface area contributed by atoms with Gasteiger partial charge in [-0.2, -0.15) is 0 Å². The quantitative estimate of drug-likeness (QED) is 0.120. The van der Waals surface area contributed by atoms with Crippen LogP contribution >= 0.6 is 0 Å². The van der Waals surface area contributed by atoms with E-state index in [2.05, 4.69) is 248 Å². The summed E-state index contributed by atoms with van der Waals surface area (Å²) in [6, 6.07) is 77.7. The van der Waals surface area contributed by atoms with Gasteiger partial charge in [0.15, 0.2) is 0 Å². The summed E-state index contributed by atoms with van der Waals surface area (Å²) in [6.45, 7) is 13.9. The Morgan fingerprint density at radius 3 is 1.30 bits per heavy atom. The molecule has 0 radical (unpaired) electrons. The molecule has 11 aromatic carbocycles. The van der Waals surface area contributed by atoms with E-state index in [0.29, 0.717) is 0 Å². The van der Waals surface area contributed by atoms with Crippen molar-refractivity contribution in [2.45, 2.75) is 52.4 Å². The van der Waals surface area contributed by atoms with Crippen LogP contribution in [-0.4, -0.2) is 0 Å². The van der Waals surface area contributed by atoms with Gasteiger partial charge in [0.25, 0.3) is 0 Å². The fraction of sp³-hybridized carbons (Fsp3) is 0.125. The van der Waals surface area contributed by atoms with Crippen LogP contribution in [0.15, 0.2) is 206 Å². The average Bonchev–Trinajstić information content (AvgIpc) is 3.32. The van der Waals surface area contributed by atoms with Gasteiger partial charge < -0.3 is 0 Å². The molecule has 0 fully saturated rings. The highest BCUT2D eigenvalue weighted by Crippen LogP contribution is 2.51. The molecule has 308 valence electrons. The van der Waals surface area contributed by atoms with Crippen LogP contribution in [0.3, 0.4) is 0 Å². The van der Waals surface area contributed by atoms with E-state index in [0.717, 1.165) is 0 Å². The number of benzene rings is 11. The SMILES string of the molecule is CC(C)(C)c1cccc(-c2c3cc(-c4ccccc4)ccc3c(-c3cccc(C(C)(C)C)c3)c3cc4c(cc23)c(-c2ccccc2)c(-c2ccc3ccccc3c2)c2ccccc24)c1. The van der Waals surface area contributed by atoms with Crippen LogP contribution in [0.2, 0.25) is 0 Å². The van der Waals surface area contributed by atoms with Gasteiger partial charge in [-0.05, 0) is 156 Å². The van der Waals surface area contributed by atoms with Crippen molar-refractivity contribution in [3.8, 4) is 55.6 Å². The first-order valence-corrected chi connectivity index (χ1v) is 22.7. The number of hydrogen-bond donors (Lipinski definition) is 0. The number of fused-ring (bicyclic) bond motifs is 6. The second-order valence-corrected chi connectivity index (χ2v) is 19.7. The first-order chi connectivity index (χ1) is 31.0. The monoisotopic (exact) mass is 820 g/mol. The zero-order valence-electron chi connectivity index (χ0n) is 37.6. The Labute approximate surface area is 377 Å². The molecule has 0 aliphatic rings. The zero-order chi connectivity index (χ0) is 43.7. The molecule has 0 nitrogen and oxygen atoms in total. The van der Waals surface area contributed by atoms with Crippen LogP contribution in [0, 0.1) is 0 Å². The second kappa shape index (κ2) is 15.2. The van der Waals surface area contributed by atoms with Gasteiger partial charge in [-0.15, -0.1) is 0 Å². The highest BCUT2D eigenvalue weighted by molar-refractivity contribution is 6.29. The molecule has 0 bridgehead atoms. The molecule has 0 spiro atoms. The maximum Gasteiger partial charge on any atom is -0.00201 e. The van der Waals surface area contributed by atoms with E-state index in [1.165, 1.54) is 121 Å². The van der Waals surface area contributed by atoms with E-state index in [1.54, 1.807) is 0 Å². The van der Waals surface area contributed by atoms with E-state index in [-0.39, 0.29) is 10.8 Å². The molecule has 0 saturated heterocycles. The van der Waals surface area contributed by atoms with Gasteiger partial charge in [0.1, 0.15) is 0 Å². The lowest BCUT2D eigenvalue weighted by Gasteiger charge is -2.25. The van der Waals surface area contributed by atoms with Crippen molar-refractivity contribution in [1.29, 1.82) is 0 Å². The number of rotatable bonds is 5. The molecule has 0 N–H and O–H groups in total. The van der Waals surface area contributed by atoms with Crippen LogP contribution < -0.4 is 0 Å². The molecule has 0 aliphatic heterocycles. The normalized spacial score (nSPS) is 12.2. The van der Waals surface area contributed by atoms with Gasteiger partial charge >= 0.3 is 0 Å². The summed E-state index contributed by atoms with van der Waals surface area (Å²) in [5.41, 5.74) is 15.0. The lowest BCUT2D eigenvalue weighted by molar-refractivity contribution is 0.590. The average molecular weight is 821 g/mol. The van der Waals surface area contributed by atoms with Crippen LogP contribution in [0.25, 0.3) is 109 Å². The molecule has 64 heavy (non-hydrogen) atoms. The van der Waals surface area contributed by atoms with E-state index < -0.39 is 0 Å². The molecule has 0 amide bonds. The molecule has 0 heterocycles. The minimum atomic E-state index is -0.0228. The van der Waals surface area contributed by atoms with Crippen molar-refractivity contribution < 1.29 is 0 Å². The lowest BCUT2D eigenvalue weighted by atomic mass is 9.79. The fourth-order valence-corrected chi connectivity index (χ4v) is 10.2. The summed E-state index contributed by atoms with van der Waals surface area (Å²) >= 11 is 0. The van der Waals surface area contributed by atoms with Gasteiger partial charge in [0.05, 0.1) is 0 Å². The van der Waals surface area contributed by atoms with Crippen LogP contribution in [0.4, 0.5) is 0 Å². The Kier molecular flexibility index (Phi) is 9.40. The predicted molar refractivity (Wildman–Crippen MR) is 279 cm³/mol. The van der Waals surface area contributed by atoms with Crippen LogP contribution in [-0.2, 0) is 10.8 Å². The Bertz CT molecular complexity index is 3590. The van der Waals surface area contributed by atoms with Crippen LogP contribution in [0.1, 0.15) is 52.7 Å². The Morgan fingerprint density at radius 2 is 0.656 bits per heavy atom. The van der Waals surface area contributed by atoms with Crippen molar-refractivity contribution >= 4 is 53.9 Å². The highest BCUT2D eigenvalue weighted by atomic mass is 14.3. The minimum Gasteiger partial charge on any atom is -0.0622 e. The Morgan fingerprint density at radius 1 is 0.219 bits per heavy atom.